The van der Waals surface area contributed by atoms with Gasteiger partial charge in [-0.25, -0.2) is 0 Å². The van der Waals surface area contributed by atoms with Crippen molar-refractivity contribution in [1.29, 1.82) is 0 Å². The highest BCUT2D eigenvalue weighted by atomic mass is 16.6. The SMILES string of the molecule is CC1(c2cc([N+](=O)[O-])ccc2O)CCCN1. The summed E-state index contributed by atoms with van der Waals surface area (Å²) in [7, 11) is 0. The number of hydrogen-bond acceptors (Lipinski definition) is 4. The van der Waals surface area contributed by atoms with Crippen molar-refractivity contribution >= 4 is 5.69 Å². The third-order valence-corrected chi connectivity index (χ3v) is 3.15. The maximum Gasteiger partial charge on any atom is 0.270 e. The van der Waals surface area contributed by atoms with E-state index in [2.05, 4.69) is 5.32 Å². The smallest absolute Gasteiger partial charge is 0.270 e. The second-order valence-electron chi connectivity index (χ2n) is 4.32. The molecule has 0 spiro atoms. The highest BCUT2D eigenvalue weighted by Gasteiger charge is 2.33. The molecule has 0 bridgehead atoms. The first kappa shape index (κ1) is 10.9. The van der Waals surface area contributed by atoms with Crippen molar-refractivity contribution in [3.05, 3.63) is 33.9 Å². The summed E-state index contributed by atoms with van der Waals surface area (Å²) in [5.41, 5.74) is 0.276. The Labute approximate surface area is 93.2 Å². The second-order valence-corrected chi connectivity index (χ2v) is 4.32. The fourth-order valence-electron chi connectivity index (χ4n) is 2.20. The molecule has 1 unspecified atom stereocenters. The molecule has 1 atom stereocenters. The summed E-state index contributed by atoms with van der Waals surface area (Å²) >= 11 is 0. The molecule has 16 heavy (non-hydrogen) atoms. The summed E-state index contributed by atoms with van der Waals surface area (Å²) in [6, 6.07) is 4.16. The molecule has 0 radical (unpaired) electrons. The Hall–Kier alpha value is -1.62. The van der Waals surface area contributed by atoms with Crippen LogP contribution in [0.1, 0.15) is 25.3 Å². The van der Waals surface area contributed by atoms with Crippen LogP contribution in [0.5, 0.6) is 5.75 Å². The van der Waals surface area contributed by atoms with Gasteiger partial charge in [0.2, 0.25) is 0 Å². The fraction of sp³-hybridized carbons (Fsp3) is 0.455. The lowest BCUT2D eigenvalue weighted by atomic mass is 9.89. The Morgan fingerprint density at radius 2 is 2.31 bits per heavy atom. The maximum absolute atomic E-state index is 10.7. The Morgan fingerprint density at radius 3 is 2.88 bits per heavy atom. The molecule has 1 heterocycles. The van der Waals surface area contributed by atoms with Crippen LogP contribution < -0.4 is 5.32 Å². The van der Waals surface area contributed by atoms with Gasteiger partial charge in [-0.3, -0.25) is 10.1 Å². The molecule has 2 rings (SSSR count). The van der Waals surface area contributed by atoms with Crippen molar-refractivity contribution in [2.45, 2.75) is 25.3 Å². The van der Waals surface area contributed by atoms with Crippen LogP contribution in [0.25, 0.3) is 0 Å². The Kier molecular flexibility index (Phi) is 2.55. The molecule has 1 fully saturated rings. The quantitative estimate of drug-likeness (QED) is 0.592. The first-order valence-corrected chi connectivity index (χ1v) is 5.26. The highest BCUT2D eigenvalue weighted by molar-refractivity contribution is 5.46. The monoisotopic (exact) mass is 222 g/mol. The predicted molar refractivity (Wildman–Crippen MR) is 59.3 cm³/mol. The molecule has 1 aromatic carbocycles. The first-order chi connectivity index (χ1) is 7.53. The minimum Gasteiger partial charge on any atom is -0.508 e. The lowest BCUT2D eigenvalue weighted by Gasteiger charge is -2.25. The first-order valence-electron chi connectivity index (χ1n) is 5.26. The molecule has 0 aliphatic carbocycles. The molecule has 1 aliphatic heterocycles. The summed E-state index contributed by atoms with van der Waals surface area (Å²) in [6.45, 7) is 2.83. The van der Waals surface area contributed by atoms with E-state index in [-0.39, 0.29) is 17.0 Å². The lowest BCUT2D eigenvalue weighted by Crippen LogP contribution is -2.33. The van der Waals surface area contributed by atoms with E-state index in [0.717, 1.165) is 19.4 Å². The van der Waals surface area contributed by atoms with Gasteiger partial charge in [-0.2, -0.15) is 0 Å². The summed E-state index contributed by atoms with van der Waals surface area (Å²) in [4.78, 5) is 10.2. The zero-order valence-corrected chi connectivity index (χ0v) is 9.06. The van der Waals surface area contributed by atoms with Gasteiger partial charge in [-0.05, 0) is 32.4 Å². The standard InChI is InChI=1S/C11H14N2O3/c1-11(5-2-6-12-11)9-7-8(13(15)16)3-4-10(9)14/h3-4,7,12,14H,2,5-6H2,1H3. The van der Waals surface area contributed by atoms with Crippen molar-refractivity contribution in [3.8, 4) is 5.75 Å². The van der Waals surface area contributed by atoms with E-state index < -0.39 is 4.92 Å². The van der Waals surface area contributed by atoms with E-state index >= 15 is 0 Å². The number of hydrogen-bond donors (Lipinski definition) is 2. The van der Waals surface area contributed by atoms with Crippen molar-refractivity contribution in [2.75, 3.05) is 6.54 Å². The Balaban J connectivity index is 2.46. The third kappa shape index (κ3) is 1.74. The number of rotatable bonds is 2. The summed E-state index contributed by atoms with van der Waals surface area (Å²) in [5, 5.41) is 23.7. The van der Waals surface area contributed by atoms with Gasteiger partial charge in [0.25, 0.3) is 5.69 Å². The molecular formula is C11H14N2O3. The number of nitro benzene ring substituents is 1. The molecule has 1 aromatic rings. The number of phenolic OH excluding ortho intramolecular Hbond substituents is 1. The maximum atomic E-state index is 10.7. The number of aromatic hydroxyl groups is 1. The van der Waals surface area contributed by atoms with Gasteiger partial charge in [0.1, 0.15) is 5.75 Å². The molecule has 1 aliphatic rings. The highest BCUT2D eigenvalue weighted by Crippen LogP contribution is 2.37. The van der Waals surface area contributed by atoms with E-state index in [1.807, 2.05) is 6.92 Å². The molecular weight excluding hydrogens is 208 g/mol. The molecule has 0 aromatic heterocycles. The fourth-order valence-corrected chi connectivity index (χ4v) is 2.20. The normalized spacial score (nSPS) is 24.6. The van der Waals surface area contributed by atoms with Gasteiger partial charge >= 0.3 is 0 Å². The summed E-state index contributed by atoms with van der Waals surface area (Å²) in [5.74, 6) is 0.113. The third-order valence-electron chi connectivity index (χ3n) is 3.15. The zero-order chi connectivity index (χ0) is 11.8. The van der Waals surface area contributed by atoms with E-state index in [0.29, 0.717) is 5.56 Å². The van der Waals surface area contributed by atoms with Crippen molar-refractivity contribution in [3.63, 3.8) is 0 Å². The summed E-state index contributed by atoms with van der Waals surface area (Å²) in [6.07, 6.45) is 1.89. The molecule has 1 saturated heterocycles. The number of benzene rings is 1. The van der Waals surface area contributed by atoms with Crippen LogP contribution in [-0.2, 0) is 5.54 Å². The van der Waals surface area contributed by atoms with Gasteiger partial charge in [0.15, 0.2) is 0 Å². The van der Waals surface area contributed by atoms with Crippen LogP contribution in [0, 0.1) is 10.1 Å². The van der Waals surface area contributed by atoms with E-state index in [9.17, 15) is 15.2 Å². The molecule has 86 valence electrons. The van der Waals surface area contributed by atoms with Gasteiger partial charge < -0.3 is 10.4 Å². The topological polar surface area (TPSA) is 75.4 Å². The van der Waals surface area contributed by atoms with Gasteiger partial charge in [-0.15, -0.1) is 0 Å². The number of nitro groups is 1. The van der Waals surface area contributed by atoms with Crippen LogP contribution in [0.3, 0.4) is 0 Å². The van der Waals surface area contributed by atoms with Crippen LogP contribution >= 0.6 is 0 Å². The minimum absolute atomic E-state index is 0.0164. The van der Waals surface area contributed by atoms with Gasteiger partial charge in [-0.1, -0.05) is 0 Å². The number of phenols is 1. The van der Waals surface area contributed by atoms with Crippen molar-refractivity contribution < 1.29 is 10.0 Å². The Bertz CT molecular complexity index is 425. The van der Waals surface area contributed by atoms with Crippen LogP contribution in [0.15, 0.2) is 18.2 Å². The van der Waals surface area contributed by atoms with Gasteiger partial charge in [0.05, 0.1) is 4.92 Å². The van der Waals surface area contributed by atoms with Crippen LogP contribution in [0.2, 0.25) is 0 Å². The second kappa shape index (κ2) is 3.75. The molecule has 5 nitrogen and oxygen atoms in total. The molecule has 0 saturated carbocycles. The number of nitrogens with one attached hydrogen (secondary N) is 1. The summed E-state index contributed by atoms with van der Waals surface area (Å²) < 4.78 is 0. The molecule has 2 N–H and O–H groups in total. The van der Waals surface area contributed by atoms with Crippen LogP contribution in [-0.4, -0.2) is 16.6 Å². The molecule has 0 amide bonds. The zero-order valence-electron chi connectivity index (χ0n) is 9.06. The van der Waals surface area contributed by atoms with Gasteiger partial charge in [0, 0.05) is 23.2 Å². The van der Waals surface area contributed by atoms with Crippen molar-refractivity contribution in [2.24, 2.45) is 0 Å². The lowest BCUT2D eigenvalue weighted by molar-refractivity contribution is -0.385. The van der Waals surface area contributed by atoms with Crippen molar-refractivity contribution in [1.82, 2.24) is 5.32 Å². The Morgan fingerprint density at radius 1 is 1.56 bits per heavy atom. The molecule has 5 heteroatoms. The number of nitrogens with zero attached hydrogens (tertiary/aromatic N) is 1. The predicted octanol–water partition coefficient (Wildman–Crippen LogP) is 1.90. The minimum atomic E-state index is -0.443. The largest absolute Gasteiger partial charge is 0.508 e. The van der Waals surface area contributed by atoms with E-state index in [4.69, 9.17) is 0 Å². The van der Waals surface area contributed by atoms with E-state index in [1.54, 1.807) is 0 Å². The van der Waals surface area contributed by atoms with Crippen LogP contribution in [0.4, 0.5) is 5.69 Å². The number of non-ortho nitro benzene ring substituents is 1. The average molecular weight is 222 g/mol. The van der Waals surface area contributed by atoms with E-state index in [1.165, 1.54) is 18.2 Å². The average Bonchev–Trinajstić information content (AvgIpc) is 2.66.